The van der Waals surface area contributed by atoms with Gasteiger partial charge in [0.2, 0.25) is 0 Å². The van der Waals surface area contributed by atoms with Crippen molar-refractivity contribution < 1.29 is 4.74 Å². The van der Waals surface area contributed by atoms with Crippen molar-refractivity contribution in [3.63, 3.8) is 0 Å². The summed E-state index contributed by atoms with van der Waals surface area (Å²) in [5.74, 6) is 1.82. The Morgan fingerprint density at radius 3 is 2.67 bits per heavy atom. The third-order valence-electron chi connectivity index (χ3n) is 7.25. The normalized spacial score (nSPS) is 31.8. The van der Waals surface area contributed by atoms with Gasteiger partial charge in [-0.3, -0.25) is 4.90 Å². The zero-order valence-electron chi connectivity index (χ0n) is 16.7. The fourth-order valence-electron chi connectivity index (χ4n) is 6.19. The standard InChI is InChI=1S/C25H29NO/c1-4-27-23-17-25(26(2)3)21(16-24(23)15-8-7-14-22(24)25)20-13-9-11-18-10-5-6-12-19(18)20/h5-6,9-13,16-17,22H,4,7-8,14-15H2,1-3H3/t22-,24-,25-/m0/s1. The monoisotopic (exact) mass is 359 g/mol. The number of allylic oxidation sites excluding steroid dienone is 1. The maximum Gasteiger partial charge on any atom is 0.104 e. The summed E-state index contributed by atoms with van der Waals surface area (Å²) in [6, 6.07) is 15.5. The van der Waals surface area contributed by atoms with Crippen LogP contribution >= 0.6 is 0 Å². The van der Waals surface area contributed by atoms with Crippen LogP contribution in [0.1, 0.15) is 38.2 Å². The lowest BCUT2D eigenvalue weighted by Crippen LogP contribution is -2.48. The summed E-state index contributed by atoms with van der Waals surface area (Å²) in [6.45, 7) is 2.86. The molecule has 0 heterocycles. The molecular weight excluding hydrogens is 330 g/mol. The number of benzene rings is 2. The first kappa shape index (κ1) is 17.1. The van der Waals surface area contributed by atoms with Crippen LogP contribution in [-0.2, 0) is 4.74 Å². The lowest BCUT2D eigenvalue weighted by Gasteiger charge is -2.44. The average molecular weight is 360 g/mol. The van der Waals surface area contributed by atoms with E-state index in [9.17, 15) is 0 Å². The fourth-order valence-corrected chi connectivity index (χ4v) is 6.19. The zero-order chi connectivity index (χ0) is 18.6. The summed E-state index contributed by atoms with van der Waals surface area (Å²) >= 11 is 0. The molecule has 0 N–H and O–H groups in total. The molecule has 0 aliphatic heterocycles. The van der Waals surface area contributed by atoms with Gasteiger partial charge in [-0.25, -0.2) is 0 Å². The van der Waals surface area contributed by atoms with Crippen LogP contribution in [0.4, 0.5) is 0 Å². The number of nitrogens with zero attached hydrogens (tertiary/aromatic N) is 1. The van der Waals surface area contributed by atoms with Crippen LogP contribution in [0, 0.1) is 11.3 Å². The Balaban J connectivity index is 1.76. The number of fused-ring (bicyclic) bond motifs is 1. The molecule has 3 aliphatic rings. The Morgan fingerprint density at radius 2 is 1.85 bits per heavy atom. The van der Waals surface area contributed by atoms with Crippen molar-refractivity contribution in [3.05, 3.63) is 65.9 Å². The Labute approximate surface area is 162 Å². The SMILES string of the molecule is CCOC1=C[C@]2(N(C)C)C(c3cccc4ccccc34)=C[C@]13CCCC[C@@H]32. The van der Waals surface area contributed by atoms with Crippen LogP contribution in [0.25, 0.3) is 16.3 Å². The Hall–Kier alpha value is -2.06. The molecule has 3 aliphatic carbocycles. The van der Waals surface area contributed by atoms with Gasteiger partial charge in [0, 0.05) is 5.92 Å². The second-order valence-corrected chi connectivity index (χ2v) is 8.58. The molecular formula is C25H29NO. The van der Waals surface area contributed by atoms with Gasteiger partial charge in [0.05, 0.1) is 17.6 Å². The average Bonchev–Trinajstić information content (AvgIpc) is 3.15. The molecule has 140 valence electrons. The number of rotatable bonds is 4. The molecule has 1 saturated carbocycles. The molecule has 27 heavy (non-hydrogen) atoms. The summed E-state index contributed by atoms with van der Waals surface area (Å²) in [4.78, 5) is 2.45. The van der Waals surface area contributed by atoms with Gasteiger partial charge in [-0.2, -0.15) is 0 Å². The highest BCUT2D eigenvalue weighted by Gasteiger charge is 2.65. The fraction of sp³-hybridized carbons (Fsp3) is 0.440. The number of ether oxygens (including phenoxy) is 1. The van der Waals surface area contributed by atoms with Crippen molar-refractivity contribution in [1.29, 1.82) is 0 Å². The smallest absolute Gasteiger partial charge is 0.104 e. The van der Waals surface area contributed by atoms with E-state index < -0.39 is 0 Å². The van der Waals surface area contributed by atoms with Crippen molar-refractivity contribution in [2.45, 2.75) is 38.1 Å². The van der Waals surface area contributed by atoms with Crippen molar-refractivity contribution in [2.75, 3.05) is 20.7 Å². The minimum atomic E-state index is -0.0605. The van der Waals surface area contributed by atoms with E-state index in [0.717, 1.165) is 6.61 Å². The molecule has 2 heteroatoms. The summed E-state index contributed by atoms with van der Waals surface area (Å²) in [5, 5.41) is 2.68. The van der Waals surface area contributed by atoms with Crippen LogP contribution in [-0.4, -0.2) is 31.1 Å². The van der Waals surface area contributed by atoms with Crippen molar-refractivity contribution >= 4 is 16.3 Å². The summed E-state index contributed by atoms with van der Waals surface area (Å²) in [7, 11) is 4.49. The lowest BCUT2D eigenvalue weighted by atomic mass is 9.66. The van der Waals surface area contributed by atoms with Crippen molar-refractivity contribution in [1.82, 2.24) is 4.90 Å². The molecule has 2 aromatic carbocycles. The van der Waals surface area contributed by atoms with Gasteiger partial charge in [0.25, 0.3) is 0 Å². The van der Waals surface area contributed by atoms with Gasteiger partial charge in [-0.05, 0) is 61.8 Å². The highest BCUT2D eigenvalue weighted by atomic mass is 16.5. The Morgan fingerprint density at radius 1 is 1.04 bits per heavy atom. The second kappa shape index (κ2) is 5.97. The van der Waals surface area contributed by atoms with Gasteiger partial charge < -0.3 is 4.74 Å². The first-order valence-corrected chi connectivity index (χ1v) is 10.4. The Kier molecular flexibility index (Phi) is 3.77. The van der Waals surface area contributed by atoms with Crippen molar-refractivity contribution in [3.8, 4) is 0 Å². The third-order valence-corrected chi connectivity index (χ3v) is 7.25. The maximum atomic E-state index is 6.23. The van der Waals surface area contributed by atoms with E-state index in [1.807, 2.05) is 0 Å². The predicted molar refractivity (Wildman–Crippen MR) is 112 cm³/mol. The minimum Gasteiger partial charge on any atom is -0.498 e. The highest BCUT2D eigenvalue weighted by Crippen LogP contribution is 2.68. The molecule has 0 saturated heterocycles. The van der Waals surface area contributed by atoms with E-state index in [-0.39, 0.29) is 11.0 Å². The van der Waals surface area contributed by atoms with E-state index in [1.54, 1.807) is 0 Å². The first-order valence-electron chi connectivity index (χ1n) is 10.4. The van der Waals surface area contributed by atoms with Crippen LogP contribution in [0.2, 0.25) is 0 Å². The zero-order valence-corrected chi connectivity index (χ0v) is 16.7. The van der Waals surface area contributed by atoms with E-state index in [0.29, 0.717) is 5.92 Å². The molecule has 0 spiro atoms. The Bertz CT molecular complexity index is 950. The van der Waals surface area contributed by atoms with Crippen LogP contribution in [0.5, 0.6) is 0 Å². The van der Waals surface area contributed by atoms with E-state index in [1.165, 1.54) is 53.4 Å². The molecule has 2 bridgehead atoms. The third kappa shape index (κ3) is 2.11. The largest absolute Gasteiger partial charge is 0.498 e. The molecule has 2 nitrogen and oxygen atoms in total. The summed E-state index contributed by atoms with van der Waals surface area (Å²) < 4.78 is 6.23. The number of hydrogen-bond acceptors (Lipinski definition) is 2. The molecule has 2 aromatic rings. The molecule has 1 fully saturated rings. The topological polar surface area (TPSA) is 12.5 Å². The predicted octanol–water partition coefficient (Wildman–Crippen LogP) is 5.65. The number of hydrogen-bond donors (Lipinski definition) is 0. The van der Waals surface area contributed by atoms with Crippen LogP contribution in [0.15, 0.2) is 60.4 Å². The highest BCUT2D eigenvalue weighted by molar-refractivity contribution is 5.98. The molecule has 3 atom stereocenters. The summed E-state index contributed by atoms with van der Waals surface area (Å²) in [5.41, 5.74) is 2.90. The van der Waals surface area contributed by atoms with E-state index in [4.69, 9.17) is 4.74 Å². The maximum absolute atomic E-state index is 6.23. The van der Waals surface area contributed by atoms with E-state index in [2.05, 4.69) is 80.5 Å². The van der Waals surface area contributed by atoms with Crippen molar-refractivity contribution in [2.24, 2.45) is 11.3 Å². The van der Waals surface area contributed by atoms with Gasteiger partial charge in [-0.15, -0.1) is 0 Å². The minimum absolute atomic E-state index is 0.0605. The van der Waals surface area contributed by atoms with Gasteiger partial charge in [0.1, 0.15) is 5.76 Å². The molecule has 0 unspecified atom stereocenters. The van der Waals surface area contributed by atoms with Crippen LogP contribution in [0.3, 0.4) is 0 Å². The van der Waals surface area contributed by atoms with Gasteiger partial charge in [-0.1, -0.05) is 61.4 Å². The quantitative estimate of drug-likeness (QED) is 0.699. The molecule has 0 aromatic heterocycles. The lowest BCUT2D eigenvalue weighted by molar-refractivity contribution is 0.0760. The number of likely N-dealkylation sites (N-methyl/N-ethyl adjacent to an activating group) is 1. The van der Waals surface area contributed by atoms with Gasteiger partial charge >= 0.3 is 0 Å². The summed E-state index contributed by atoms with van der Waals surface area (Å²) in [6.07, 6.45) is 10.2. The molecule has 0 amide bonds. The second-order valence-electron chi connectivity index (χ2n) is 8.58. The van der Waals surface area contributed by atoms with Gasteiger partial charge in [0.15, 0.2) is 0 Å². The first-order chi connectivity index (χ1) is 13.1. The van der Waals surface area contributed by atoms with Crippen LogP contribution < -0.4 is 0 Å². The molecule has 5 rings (SSSR count). The molecule has 0 radical (unpaired) electrons. The van der Waals surface area contributed by atoms with E-state index >= 15 is 0 Å².